The van der Waals surface area contributed by atoms with Crippen LogP contribution < -0.4 is 0 Å². The smallest absolute Gasteiger partial charge is 0.0621 e. The molecule has 0 aromatic rings. The first-order valence-electron chi connectivity index (χ1n) is 9.98. The predicted octanol–water partition coefficient (Wildman–Crippen LogP) is 7.94. The molecule has 0 unspecified atom stereocenters. The average molecular weight is 323 g/mol. The van der Waals surface area contributed by atoms with E-state index in [0.29, 0.717) is 0 Å². The fourth-order valence-corrected chi connectivity index (χ4v) is 1.97. The summed E-state index contributed by atoms with van der Waals surface area (Å²) in [7, 11) is 0. The molecule has 0 spiro atoms. The summed E-state index contributed by atoms with van der Waals surface area (Å²) in [6.45, 7) is 8.68. The molecule has 23 heavy (non-hydrogen) atoms. The van der Waals surface area contributed by atoms with Crippen LogP contribution in [-0.4, -0.2) is 0 Å². The Kier molecular flexibility index (Phi) is 38.3. The lowest BCUT2D eigenvalue weighted by molar-refractivity contribution is 0.593. The van der Waals surface area contributed by atoms with Gasteiger partial charge in [0.25, 0.3) is 0 Å². The Balaban J connectivity index is -0.000000301. The molecule has 0 rings (SSSR count). The van der Waals surface area contributed by atoms with Crippen molar-refractivity contribution in [2.45, 2.75) is 124 Å². The number of rotatable bonds is 12. The maximum atomic E-state index is 8.26. The SMILES string of the molecule is CCC.CCCCCCCC#N.CCCCCCCCCC#N. The van der Waals surface area contributed by atoms with E-state index >= 15 is 0 Å². The molecule has 0 aliphatic carbocycles. The Morgan fingerprint density at radius 2 is 0.739 bits per heavy atom. The van der Waals surface area contributed by atoms with Gasteiger partial charge in [-0.3, -0.25) is 0 Å². The van der Waals surface area contributed by atoms with Crippen molar-refractivity contribution in [2.75, 3.05) is 0 Å². The van der Waals surface area contributed by atoms with Crippen LogP contribution in [0.2, 0.25) is 0 Å². The molecule has 0 radical (unpaired) electrons. The van der Waals surface area contributed by atoms with E-state index in [1.807, 2.05) is 0 Å². The molecule has 0 atom stereocenters. The van der Waals surface area contributed by atoms with E-state index in [0.717, 1.165) is 25.7 Å². The van der Waals surface area contributed by atoms with Crippen molar-refractivity contribution < 1.29 is 0 Å². The van der Waals surface area contributed by atoms with Crippen molar-refractivity contribution in [1.29, 1.82) is 10.5 Å². The van der Waals surface area contributed by atoms with Gasteiger partial charge in [0.05, 0.1) is 12.1 Å². The topological polar surface area (TPSA) is 47.6 Å². The Morgan fingerprint density at radius 1 is 0.478 bits per heavy atom. The van der Waals surface area contributed by atoms with Gasteiger partial charge in [0.2, 0.25) is 0 Å². The van der Waals surface area contributed by atoms with Gasteiger partial charge < -0.3 is 0 Å². The van der Waals surface area contributed by atoms with E-state index in [1.54, 1.807) is 0 Å². The molecule has 0 aliphatic rings. The summed E-state index contributed by atoms with van der Waals surface area (Å²) in [5, 5.41) is 16.4. The first-order valence-corrected chi connectivity index (χ1v) is 9.98. The first kappa shape index (κ1) is 26.9. The van der Waals surface area contributed by atoms with E-state index in [4.69, 9.17) is 10.5 Å². The Morgan fingerprint density at radius 3 is 1.00 bits per heavy atom. The first-order chi connectivity index (χ1) is 11.2. The molecular weight excluding hydrogens is 280 g/mol. The standard InChI is InChI=1S/C10H19N.C8H15N.C3H8/c1-2-3-4-5-6-7-8-9-10-11;1-2-3-4-5-6-7-8-9;1-3-2/h2-9H2,1H3;2-7H2,1H3;3H2,1-2H3. The van der Waals surface area contributed by atoms with Gasteiger partial charge in [-0.1, -0.05) is 98.3 Å². The van der Waals surface area contributed by atoms with Crippen LogP contribution in [0, 0.1) is 22.7 Å². The van der Waals surface area contributed by atoms with Gasteiger partial charge in [-0.15, -0.1) is 0 Å². The normalized spacial score (nSPS) is 8.78. The highest BCUT2D eigenvalue weighted by Gasteiger charge is 1.89. The van der Waals surface area contributed by atoms with Crippen LogP contribution in [0.3, 0.4) is 0 Å². The van der Waals surface area contributed by atoms with Crippen molar-refractivity contribution in [3.05, 3.63) is 0 Å². The van der Waals surface area contributed by atoms with E-state index < -0.39 is 0 Å². The van der Waals surface area contributed by atoms with Gasteiger partial charge in [0.15, 0.2) is 0 Å². The number of unbranched alkanes of at least 4 members (excludes halogenated alkanes) is 12. The fraction of sp³-hybridized carbons (Fsp3) is 0.905. The molecule has 0 aliphatic heterocycles. The highest BCUT2D eigenvalue weighted by atomic mass is 14.2. The Labute approximate surface area is 147 Å². The number of hydrogen-bond acceptors (Lipinski definition) is 2. The lowest BCUT2D eigenvalue weighted by Gasteiger charge is -1.97. The second-order valence-corrected chi connectivity index (χ2v) is 6.06. The van der Waals surface area contributed by atoms with E-state index in [-0.39, 0.29) is 0 Å². The van der Waals surface area contributed by atoms with E-state index in [1.165, 1.54) is 70.6 Å². The minimum absolute atomic E-state index is 0.740. The summed E-state index contributed by atoms with van der Waals surface area (Å²) in [5.41, 5.74) is 0. The predicted molar refractivity (Wildman–Crippen MR) is 103 cm³/mol. The molecule has 0 heterocycles. The summed E-state index contributed by atoms with van der Waals surface area (Å²) in [5.74, 6) is 0. The third kappa shape index (κ3) is 44.9. The largest absolute Gasteiger partial charge is 0.198 e. The Hall–Kier alpha value is -1.02. The quantitative estimate of drug-likeness (QED) is 0.342. The maximum absolute atomic E-state index is 8.26. The van der Waals surface area contributed by atoms with Crippen molar-refractivity contribution in [3.8, 4) is 12.1 Å². The molecule has 0 amide bonds. The summed E-state index contributed by atoms with van der Waals surface area (Å²) < 4.78 is 0. The van der Waals surface area contributed by atoms with Crippen molar-refractivity contribution in [2.24, 2.45) is 0 Å². The molecule has 0 fully saturated rings. The maximum Gasteiger partial charge on any atom is 0.0621 e. The summed E-state index contributed by atoms with van der Waals surface area (Å²) in [4.78, 5) is 0. The summed E-state index contributed by atoms with van der Waals surface area (Å²) >= 11 is 0. The van der Waals surface area contributed by atoms with Crippen LogP contribution in [-0.2, 0) is 0 Å². The molecule has 0 saturated heterocycles. The van der Waals surface area contributed by atoms with Gasteiger partial charge >= 0.3 is 0 Å². The minimum Gasteiger partial charge on any atom is -0.198 e. The van der Waals surface area contributed by atoms with Gasteiger partial charge in [0.1, 0.15) is 0 Å². The van der Waals surface area contributed by atoms with Crippen LogP contribution in [0.5, 0.6) is 0 Å². The van der Waals surface area contributed by atoms with Crippen LogP contribution in [0.4, 0.5) is 0 Å². The van der Waals surface area contributed by atoms with Crippen LogP contribution in [0.1, 0.15) is 124 Å². The molecule has 0 N–H and O–H groups in total. The van der Waals surface area contributed by atoms with Gasteiger partial charge in [-0.2, -0.15) is 10.5 Å². The summed E-state index contributed by atoms with van der Waals surface area (Å²) in [6.07, 6.45) is 18.1. The lowest BCUT2D eigenvalue weighted by Crippen LogP contribution is -1.78. The van der Waals surface area contributed by atoms with Crippen LogP contribution in [0.15, 0.2) is 0 Å². The molecule has 0 bridgehead atoms. The van der Waals surface area contributed by atoms with Crippen molar-refractivity contribution in [1.82, 2.24) is 0 Å². The third-order valence-corrected chi connectivity index (χ3v) is 3.28. The molecule has 0 aromatic carbocycles. The molecule has 0 saturated carbocycles. The molecule has 136 valence electrons. The van der Waals surface area contributed by atoms with Crippen LogP contribution in [0.25, 0.3) is 0 Å². The third-order valence-electron chi connectivity index (χ3n) is 3.28. The zero-order valence-electron chi connectivity index (χ0n) is 16.5. The number of hydrogen-bond donors (Lipinski definition) is 0. The molecule has 0 aromatic heterocycles. The van der Waals surface area contributed by atoms with E-state index in [9.17, 15) is 0 Å². The highest BCUT2D eigenvalue weighted by Crippen LogP contribution is 2.07. The number of nitriles is 2. The van der Waals surface area contributed by atoms with Crippen LogP contribution >= 0.6 is 0 Å². The van der Waals surface area contributed by atoms with Crippen molar-refractivity contribution in [3.63, 3.8) is 0 Å². The molecule has 2 heteroatoms. The zero-order valence-corrected chi connectivity index (χ0v) is 16.5. The van der Waals surface area contributed by atoms with Gasteiger partial charge in [-0.25, -0.2) is 0 Å². The monoisotopic (exact) mass is 322 g/mol. The average Bonchev–Trinajstić information content (AvgIpc) is 2.55. The molecular formula is C21H42N2. The van der Waals surface area contributed by atoms with E-state index in [2.05, 4.69) is 39.8 Å². The highest BCUT2D eigenvalue weighted by molar-refractivity contribution is 4.68. The fourth-order valence-electron chi connectivity index (χ4n) is 1.97. The Bertz CT molecular complexity index is 248. The second kappa shape index (κ2) is 32.8. The van der Waals surface area contributed by atoms with Gasteiger partial charge in [0, 0.05) is 12.8 Å². The van der Waals surface area contributed by atoms with Crippen molar-refractivity contribution >= 4 is 0 Å². The van der Waals surface area contributed by atoms with Gasteiger partial charge in [-0.05, 0) is 12.8 Å². The second-order valence-electron chi connectivity index (χ2n) is 6.06. The zero-order chi connectivity index (χ0) is 18.0. The molecule has 2 nitrogen and oxygen atoms in total. The lowest BCUT2D eigenvalue weighted by atomic mass is 10.1. The minimum atomic E-state index is 0.740. The number of nitrogens with zero attached hydrogens (tertiary/aromatic N) is 2. The summed E-state index contributed by atoms with van der Waals surface area (Å²) in [6, 6.07) is 4.31.